The highest BCUT2D eigenvalue weighted by atomic mass is 16.5. The molecule has 0 aliphatic rings. The van der Waals surface area contributed by atoms with Crippen molar-refractivity contribution >= 4 is 5.82 Å². The number of methoxy groups -OCH3 is 1. The van der Waals surface area contributed by atoms with Crippen LogP contribution in [0.25, 0.3) is 11.1 Å². The Balaban J connectivity index is 2.05. The predicted molar refractivity (Wildman–Crippen MR) is 84.2 cm³/mol. The molecule has 0 amide bonds. The first-order chi connectivity index (χ1) is 10.3. The molecule has 1 aromatic heterocycles. The van der Waals surface area contributed by atoms with Gasteiger partial charge in [0.15, 0.2) is 5.82 Å². The maximum absolute atomic E-state index is 6.05. The van der Waals surface area contributed by atoms with Gasteiger partial charge in [-0.2, -0.15) is 5.10 Å². The van der Waals surface area contributed by atoms with Gasteiger partial charge in [0, 0.05) is 17.7 Å². The van der Waals surface area contributed by atoms with E-state index < -0.39 is 0 Å². The summed E-state index contributed by atoms with van der Waals surface area (Å²) in [4.78, 5) is 0. The van der Waals surface area contributed by atoms with Crippen LogP contribution in [-0.4, -0.2) is 17.3 Å². The fourth-order valence-electron chi connectivity index (χ4n) is 2.47. The zero-order valence-corrected chi connectivity index (χ0v) is 11.8. The number of para-hydroxylation sites is 1. The number of anilines is 1. The molecule has 0 atom stereocenters. The third kappa shape index (κ3) is 2.60. The van der Waals surface area contributed by atoms with Crippen LogP contribution in [0.5, 0.6) is 5.75 Å². The van der Waals surface area contributed by atoms with Gasteiger partial charge in [0.05, 0.1) is 12.7 Å². The summed E-state index contributed by atoms with van der Waals surface area (Å²) in [5, 5.41) is 7.20. The number of aromatic nitrogens is 2. The number of H-pyrrole nitrogens is 1. The highest BCUT2D eigenvalue weighted by molar-refractivity contribution is 5.80. The van der Waals surface area contributed by atoms with Crippen LogP contribution in [0.15, 0.2) is 54.6 Å². The van der Waals surface area contributed by atoms with Gasteiger partial charge in [-0.3, -0.25) is 5.10 Å². The summed E-state index contributed by atoms with van der Waals surface area (Å²) in [5.41, 5.74) is 10.1. The summed E-state index contributed by atoms with van der Waals surface area (Å²) in [5.74, 6) is 1.28. The van der Waals surface area contributed by atoms with Gasteiger partial charge in [-0.15, -0.1) is 0 Å². The maximum Gasteiger partial charge on any atom is 0.153 e. The van der Waals surface area contributed by atoms with Crippen molar-refractivity contribution in [1.29, 1.82) is 0 Å². The lowest BCUT2D eigenvalue weighted by atomic mass is 10.00. The molecular formula is C17H17N3O. The van der Waals surface area contributed by atoms with E-state index in [0.29, 0.717) is 5.82 Å². The fraction of sp³-hybridized carbons (Fsp3) is 0.118. The second kappa shape index (κ2) is 5.71. The van der Waals surface area contributed by atoms with E-state index in [1.54, 1.807) is 7.11 Å². The van der Waals surface area contributed by atoms with Crippen LogP contribution < -0.4 is 10.5 Å². The fourth-order valence-corrected chi connectivity index (χ4v) is 2.47. The average molecular weight is 279 g/mol. The van der Waals surface area contributed by atoms with Gasteiger partial charge in [0.1, 0.15) is 5.75 Å². The molecule has 2 aromatic carbocycles. The standard InChI is InChI=1S/C17H17N3O/c1-21-15-10-6-5-9-13(15)16-14(19-20-17(16)18)11-12-7-3-2-4-8-12/h2-10H,11H2,1H3,(H3,18,19,20). The van der Waals surface area contributed by atoms with Gasteiger partial charge in [-0.25, -0.2) is 0 Å². The molecule has 0 fully saturated rings. The zero-order chi connectivity index (χ0) is 14.7. The summed E-state index contributed by atoms with van der Waals surface area (Å²) in [6, 6.07) is 18.1. The van der Waals surface area contributed by atoms with Crippen molar-refractivity contribution in [2.75, 3.05) is 12.8 Å². The van der Waals surface area contributed by atoms with Crippen LogP contribution in [0.3, 0.4) is 0 Å². The smallest absolute Gasteiger partial charge is 0.153 e. The Morgan fingerprint density at radius 3 is 2.52 bits per heavy atom. The molecular weight excluding hydrogens is 262 g/mol. The van der Waals surface area contributed by atoms with E-state index in [0.717, 1.165) is 29.0 Å². The molecule has 0 bridgehead atoms. The number of nitrogens with zero attached hydrogens (tertiary/aromatic N) is 1. The molecule has 0 saturated heterocycles. The SMILES string of the molecule is COc1ccccc1-c1c(N)n[nH]c1Cc1ccccc1. The largest absolute Gasteiger partial charge is 0.496 e. The number of hydrogen-bond donors (Lipinski definition) is 2. The first-order valence-electron chi connectivity index (χ1n) is 6.79. The second-order valence-electron chi connectivity index (χ2n) is 4.83. The number of nitrogens with one attached hydrogen (secondary N) is 1. The number of hydrogen-bond acceptors (Lipinski definition) is 3. The lowest BCUT2D eigenvalue weighted by Crippen LogP contribution is -1.95. The number of benzene rings is 2. The predicted octanol–water partition coefficient (Wildman–Crippen LogP) is 3.26. The second-order valence-corrected chi connectivity index (χ2v) is 4.83. The molecule has 3 aromatic rings. The summed E-state index contributed by atoms with van der Waals surface area (Å²) >= 11 is 0. The lowest BCUT2D eigenvalue weighted by Gasteiger charge is -2.09. The van der Waals surface area contributed by atoms with E-state index in [1.165, 1.54) is 5.56 Å². The average Bonchev–Trinajstić information content (AvgIpc) is 2.89. The van der Waals surface area contributed by atoms with Crippen molar-refractivity contribution in [3.63, 3.8) is 0 Å². The maximum atomic E-state index is 6.05. The first kappa shape index (κ1) is 13.2. The van der Waals surface area contributed by atoms with Crippen LogP contribution >= 0.6 is 0 Å². The number of rotatable bonds is 4. The molecule has 4 nitrogen and oxygen atoms in total. The lowest BCUT2D eigenvalue weighted by molar-refractivity contribution is 0.416. The summed E-state index contributed by atoms with van der Waals surface area (Å²) in [7, 11) is 1.66. The Morgan fingerprint density at radius 1 is 1.05 bits per heavy atom. The molecule has 0 aliphatic heterocycles. The minimum atomic E-state index is 0.491. The van der Waals surface area contributed by atoms with Crippen LogP contribution in [0.4, 0.5) is 5.82 Å². The van der Waals surface area contributed by atoms with Crippen molar-refractivity contribution in [2.45, 2.75) is 6.42 Å². The Kier molecular flexibility index (Phi) is 3.60. The summed E-state index contributed by atoms with van der Waals surface area (Å²) in [6.45, 7) is 0. The molecule has 0 spiro atoms. The van der Waals surface area contributed by atoms with Crippen molar-refractivity contribution in [3.8, 4) is 16.9 Å². The van der Waals surface area contributed by atoms with E-state index in [1.807, 2.05) is 42.5 Å². The quantitative estimate of drug-likeness (QED) is 0.770. The Labute approximate surface area is 123 Å². The Bertz CT molecular complexity index is 735. The van der Waals surface area contributed by atoms with E-state index in [4.69, 9.17) is 10.5 Å². The Hall–Kier alpha value is -2.75. The van der Waals surface area contributed by atoms with Crippen LogP contribution in [-0.2, 0) is 6.42 Å². The van der Waals surface area contributed by atoms with Crippen LogP contribution in [0, 0.1) is 0 Å². The van der Waals surface area contributed by atoms with Crippen molar-refractivity contribution in [1.82, 2.24) is 10.2 Å². The monoisotopic (exact) mass is 279 g/mol. The summed E-state index contributed by atoms with van der Waals surface area (Å²) < 4.78 is 5.43. The topological polar surface area (TPSA) is 63.9 Å². The van der Waals surface area contributed by atoms with Gasteiger partial charge >= 0.3 is 0 Å². The van der Waals surface area contributed by atoms with E-state index in [2.05, 4.69) is 22.3 Å². The summed E-state index contributed by atoms with van der Waals surface area (Å²) in [6.07, 6.45) is 0.748. The van der Waals surface area contributed by atoms with Crippen molar-refractivity contribution < 1.29 is 4.74 Å². The molecule has 106 valence electrons. The normalized spacial score (nSPS) is 10.5. The van der Waals surface area contributed by atoms with Gasteiger partial charge in [0.2, 0.25) is 0 Å². The number of ether oxygens (including phenoxy) is 1. The third-order valence-electron chi connectivity index (χ3n) is 3.47. The highest BCUT2D eigenvalue weighted by Gasteiger charge is 2.16. The molecule has 0 radical (unpaired) electrons. The van der Waals surface area contributed by atoms with E-state index >= 15 is 0 Å². The Morgan fingerprint density at radius 2 is 1.76 bits per heavy atom. The molecule has 3 N–H and O–H groups in total. The third-order valence-corrected chi connectivity index (χ3v) is 3.47. The molecule has 1 heterocycles. The van der Waals surface area contributed by atoms with Gasteiger partial charge < -0.3 is 10.5 Å². The van der Waals surface area contributed by atoms with Gasteiger partial charge in [-0.05, 0) is 11.6 Å². The molecule has 21 heavy (non-hydrogen) atoms. The van der Waals surface area contributed by atoms with Crippen LogP contribution in [0.1, 0.15) is 11.3 Å². The molecule has 4 heteroatoms. The first-order valence-corrected chi connectivity index (χ1v) is 6.79. The minimum absolute atomic E-state index is 0.491. The number of nitrogens with two attached hydrogens (primary N) is 1. The number of aromatic amines is 1. The van der Waals surface area contributed by atoms with E-state index in [-0.39, 0.29) is 0 Å². The minimum Gasteiger partial charge on any atom is -0.496 e. The molecule has 3 rings (SSSR count). The molecule has 0 saturated carbocycles. The van der Waals surface area contributed by atoms with E-state index in [9.17, 15) is 0 Å². The molecule has 0 unspecified atom stereocenters. The van der Waals surface area contributed by atoms with Gasteiger partial charge in [0.25, 0.3) is 0 Å². The van der Waals surface area contributed by atoms with Crippen molar-refractivity contribution in [2.24, 2.45) is 0 Å². The van der Waals surface area contributed by atoms with Crippen LogP contribution in [0.2, 0.25) is 0 Å². The van der Waals surface area contributed by atoms with Crippen molar-refractivity contribution in [3.05, 3.63) is 65.9 Å². The number of nitrogen functional groups attached to an aromatic ring is 1. The van der Waals surface area contributed by atoms with Gasteiger partial charge in [-0.1, -0.05) is 48.5 Å². The zero-order valence-electron chi connectivity index (χ0n) is 11.8. The molecule has 0 aliphatic carbocycles. The highest BCUT2D eigenvalue weighted by Crippen LogP contribution is 2.35.